The van der Waals surface area contributed by atoms with E-state index >= 15 is 0 Å². The van der Waals surface area contributed by atoms with Crippen molar-refractivity contribution in [2.24, 2.45) is 0 Å². The van der Waals surface area contributed by atoms with Crippen molar-refractivity contribution in [2.75, 3.05) is 13.7 Å². The van der Waals surface area contributed by atoms with E-state index in [1.165, 1.54) is 11.8 Å². The van der Waals surface area contributed by atoms with Gasteiger partial charge < -0.3 is 9.72 Å². The monoisotopic (exact) mass is 428 g/mol. The summed E-state index contributed by atoms with van der Waals surface area (Å²) < 4.78 is 7.26. The predicted octanol–water partition coefficient (Wildman–Crippen LogP) is 3.19. The van der Waals surface area contributed by atoms with Crippen LogP contribution >= 0.6 is 23.1 Å². The van der Waals surface area contributed by atoms with Gasteiger partial charge in [-0.25, -0.2) is 4.98 Å². The average Bonchev–Trinajstić information content (AvgIpc) is 3.26. The molecule has 0 radical (unpaired) electrons. The number of thioether (sulfide) groups is 1. The summed E-state index contributed by atoms with van der Waals surface area (Å²) >= 11 is 3.03. The zero-order valence-electron chi connectivity index (χ0n) is 16.3. The van der Waals surface area contributed by atoms with Crippen molar-refractivity contribution in [3.63, 3.8) is 0 Å². The Balaban J connectivity index is 1.62. The molecule has 0 spiro atoms. The second-order valence-electron chi connectivity index (χ2n) is 6.45. The number of aromatic nitrogens is 6. The van der Waals surface area contributed by atoms with Gasteiger partial charge in [-0.15, -0.1) is 21.5 Å². The Morgan fingerprint density at radius 2 is 2.03 bits per heavy atom. The van der Waals surface area contributed by atoms with Crippen LogP contribution in [-0.2, 0) is 17.0 Å². The Bertz CT molecular complexity index is 1200. The van der Waals surface area contributed by atoms with Gasteiger partial charge >= 0.3 is 0 Å². The number of pyridine rings is 1. The van der Waals surface area contributed by atoms with Crippen LogP contribution in [0.1, 0.15) is 16.3 Å². The molecule has 0 aromatic carbocycles. The van der Waals surface area contributed by atoms with Gasteiger partial charge in [0.1, 0.15) is 10.7 Å². The first-order valence-electron chi connectivity index (χ1n) is 9.02. The van der Waals surface area contributed by atoms with Gasteiger partial charge in [-0.1, -0.05) is 11.8 Å². The van der Waals surface area contributed by atoms with Crippen LogP contribution in [0.15, 0.2) is 34.5 Å². The molecule has 0 aliphatic heterocycles. The van der Waals surface area contributed by atoms with Crippen LogP contribution in [0.3, 0.4) is 0 Å². The zero-order chi connectivity index (χ0) is 20.4. The lowest BCUT2D eigenvalue weighted by molar-refractivity contribution is 0.185. The first kappa shape index (κ1) is 19.7. The van der Waals surface area contributed by atoms with E-state index in [-0.39, 0.29) is 5.56 Å². The molecule has 0 atom stereocenters. The molecule has 0 saturated carbocycles. The second kappa shape index (κ2) is 8.44. The fraction of sp³-hybridized carbons (Fsp3) is 0.316. The highest BCUT2D eigenvalue weighted by molar-refractivity contribution is 7.98. The number of nitrogens with zero attached hydrogens (tertiary/aromatic N) is 5. The molecule has 0 aliphatic rings. The van der Waals surface area contributed by atoms with E-state index < -0.39 is 0 Å². The third-order valence-electron chi connectivity index (χ3n) is 4.60. The molecule has 1 N–H and O–H groups in total. The highest BCUT2D eigenvalue weighted by atomic mass is 32.2. The Morgan fingerprint density at radius 3 is 2.79 bits per heavy atom. The summed E-state index contributed by atoms with van der Waals surface area (Å²) in [7, 11) is 1.66. The van der Waals surface area contributed by atoms with Crippen LogP contribution in [0.5, 0.6) is 0 Å². The zero-order valence-corrected chi connectivity index (χ0v) is 17.9. The molecule has 0 saturated heterocycles. The normalized spacial score (nSPS) is 11.4. The van der Waals surface area contributed by atoms with E-state index in [9.17, 15) is 4.79 Å². The molecule has 150 valence electrons. The number of nitrogens with one attached hydrogen (secondary N) is 1. The van der Waals surface area contributed by atoms with E-state index in [0.29, 0.717) is 30.1 Å². The number of thiophene rings is 1. The molecule has 4 aromatic heterocycles. The summed E-state index contributed by atoms with van der Waals surface area (Å²) in [5, 5.41) is 10.1. The SMILES string of the molecule is COCCn1c(SCc2nc3sc(C)c(C)c3c(=O)[nH]2)nnc1-c1ccncc1. The quantitative estimate of drug-likeness (QED) is 0.451. The van der Waals surface area contributed by atoms with Crippen molar-refractivity contribution < 1.29 is 4.74 Å². The lowest BCUT2D eigenvalue weighted by Crippen LogP contribution is -2.11. The first-order valence-corrected chi connectivity index (χ1v) is 10.8. The first-order chi connectivity index (χ1) is 14.1. The summed E-state index contributed by atoms with van der Waals surface area (Å²) in [6, 6.07) is 3.80. The standard InChI is InChI=1S/C19H20N6O2S2/c1-11-12(2)29-18-15(11)17(26)21-14(22-18)10-28-19-24-23-16(25(19)8-9-27-3)13-4-6-20-7-5-13/h4-7H,8-10H2,1-3H3,(H,21,22,26). The third-order valence-corrected chi connectivity index (χ3v) is 6.68. The summed E-state index contributed by atoms with van der Waals surface area (Å²) in [5.74, 6) is 1.87. The van der Waals surface area contributed by atoms with Crippen molar-refractivity contribution in [1.29, 1.82) is 0 Å². The van der Waals surface area contributed by atoms with E-state index in [1.807, 2.05) is 30.5 Å². The van der Waals surface area contributed by atoms with E-state index in [1.54, 1.807) is 30.8 Å². The van der Waals surface area contributed by atoms with Gasteiger partial charge in [-0.05, 0) is 31.5 Å². The maximum atomic E-state index is 12.5. The fourth-order valence-electron chi connectivity index (χ4n) is 2.99. The highest BCUT2D eigenvalue weighted by Crippen LogP contribution is 2.28. The topological polar surface area (TPSA) is 98.6 Å². The van der Waals surface area contributed by atoms with E-state index in [4.69, 9.17) is 4.74 Å². The molecule has 0 fully saturated rings. The smallest absolute Gasteiger partial charge is 0.259 e. The minimum absolute atomic E-state index is 0.0919. The molecule has 8 nitrogen and oxygen atoms in total. The average molecular weight is 429 g/mol. The summed E-state index contributed by atoms with van der Waals surface area (Å²) in [6.07, 6.45) is 3.46. The number of aryl methyl sites for hydroxylation is 2. The molecule has 0 amide bonds. The lowest BCUT2D eigenvalue weighted by Gasteiger charge is -2.09. The van der Waals surface area contributed by atoms with Gasteiger partial charge in [0.25, 0.3) is 5.56 Å². The number of H-pyrrole nitrogens is 1. The molecular formula is C19H20N6O2S2. The number of hydrogen-bond donors (Lipinski definition) is 1. The van der Waals surface area contributed by atoms with Gasteiger partial charge in [0, 0.05) is 29.9 Å². The predicted molar refractivity (Wildman–Crippen MR) is 114 cm³/mol. The lowest BCUT2D eigenvalue weighted by atomic mass is 10.2. The molecule has 0 aliphatic carbocycles. The molecule has 4 rings (SSSR count). The molecular weight excluding hydrogens is 408 g/mol. The van der Waals surface area contributed by atoms with Crippen molar-refractivity contribution >= 4 is 33.3 Å². The maximum absolute atomic E-state index is 12.5. The van der Waals surface area contributed by atoms with Crippen LogP contribution in [0.4, 0.5) is 0 Å². The van der Waals surface area contributed by atoms with Crippen molar-refractivity contribution in [1.82, 2.24) is 29.7 Å². The Labute approximate surface area is 175 Å². The van der Waals surface area contributed by atoms with Crippen LogP contribution in [0.25, 0.3) is 21.6 Å². The Kier molecular flexibility index (Phi) is 5.74. The summed E-state index contributed by atoms with van der Waals surface area (Å²) in [6.45, 7) is 5.13. The number of methoxy groups -OCH3 is 1. The maximum Gasteiger partial charge on any atom is 0.259 e. The van der Waals surface area contributed by atoms with Crippen molar-refractivity contribution in [2.45, 2.75) is 31.3 Å². The van der Waals surface area contributed by atoms with E-state index in [0.717, 1.165) is 31.8 Å². The molecule has 10 heteroatoms. The van der Waals surface area contributed by atoms with Gasteiger partial charge in [0.2, 0.25) is 0 Å². The number of hydrogen-bond acceptors (Lipinski definition) is 8. The number of aromatic amines is 1. The number of rotatable bonds is 7. The van der Waals surface area contributed by atoms with Gasteiger partial charge in [-0.3, -0.25) is 14.3 Å². The molecule has 0 bridgehead atoms. The van der Waals surface area contributed by atoms with Crippen LogP contribution < -0.4 is 5.56 Å². The minimum Gasteiger partial charge on any atom is -0.383 e. The van der Waals surface area contributed by atoms with E-state index in [2.05, 4.69) is 25.1 Å². The number of ether oxygens (including phenoxy) is 1. The van der Waals surface area contributed by atoms with Crippen LogP contribution in [-0.4, -0.2) is 43.4 Å². The summed E-state index contributed by atoms with van der Waals surface area (Å²) in [5.41, 5.74) is 1.85. The second-order valence-corrected chi connectivity index (χ2v) is 8.60. The highest BCUT2D eigenvalue weighted by Gasteiger charge is 2.16. The molecule has 4 heterocycles. The largest absolute Gasteiger partial charge is 0.383 e. The van der Waals surface area contributed by atoms with Crippen molar-refractivity contribution in [3.8, 4) is 11.4 Å². The molecule has 29 heavy (non-hydrogen) atoms. The third kappa shape index (κ3) is 3.96. The Morgan fingerprint density at radius 1 is 1.24 bits per heavy atom. The number of fused-ring (bicyclic) bond motifs is 1. The summed E-state index contributed by atoms with van der Waals surface area (Å²) in [4.78, 5) is 26.0. The minimum atomic E-state index is -0.0919. The van der Waals surface area contributed by atoms with Crippen LogP contribution in [0.2, 0.25) is 0 Å². The fourth-order valence-corrected chi connectivity index (χ4v) is 4.88. The Hall–Kier alpha value is -2.56. The van der Waals surface area contributed by atoms with Gasteiger partial charge in [0.15, 0.2) is 11.0 Å². The molecule has 0 unspecified atom stereocenters. The van der Waals surface area contributed by atoms with Crippen molar-refractivity contribution in [3.05, 3.63) is 51.1 Å². The van der Waals surface area contributed by atoms with Gasteiger partial charge in [-0.2, -0.15) is 0 Å². The molecule has 4 aromatic rings. The van der Waals surface area contributed by atoms with Gasteiger partial charge in [0.05, 0.1) is 24.3 Å². The van der Waals surface area contributed by atoms with Crippen LogP contribution in [0, 0.1) is 13.8 Å².